The molecule has 2 aromatic rings. The molecule has 4 nitrogen and oxygen atoms in total. The molecule has 2 rings (SSSR count). The highest BCUT2D eigenvalue weighted by Gasteiger charge is 2.11. The minimum Gasteiger partial charge on any atom is -0.273 e. The van der Waals surface area contributed by atoms with E-state index in [0.29, 0.717) is 10.6 Å². The first-order chi connectivity index (χ1) is 11.0. The molecule has 0 unspecified atom stereocenters. The molecule has 0 heterocycles. The second-order valence-electron chi connectivity index (χ2n) is 4.99. The molecule has 0 aliphatic rings. The number of rotatable bonds is 4. The van der Waals surface area contributed by atoms with E-state index in [1.165, 1.54) is 0 Å². The topological polar surface area (TPSA) is 58.2 Å². The van der Waals surface area contributed by atoms with Crippen LogP contribution in [0.3, 0.4) is 0 Å². The summed E-state index contributed by atoms with van der Waals surface area (Å²) < 4.78 is 0. The van der Waals surface area contributed by atoms with E-state index < -0.39 is 0 Å². The van der Waals surface area contributed by atoms with Crippen molar-refractivity contribution in [2.45, 2.75) is 18.2 Å². The van der Waals surface area contributed by atoms with E-state index in [1.54, 1.807) is 42.1 Å². The number of hydrogen-bond acceptors (Lipinski definition) is 3. The second-order valence-corrected chi connectivity index (χ2v) is 6.30. The summed E-state index contributed by atoms with van der Waals surface area (Å²) in [4.78, 5) is 25.1. The van der Waals surface area contributed by atoms with Crippen molar-refractivity contribution in [3.63, 3.8) is 0 Å². The van der Waals surface area contributed by atoms with Crippen molar-refractivity contribution in [3.8, 4) is 0 Å². The van der Waals surface area contributed by atoms with E-state index in [0.717, 1.165) is 16.0 Å². The summed E-state index contributed by atoms with van der Waals surface area (Å²) in [6.07, 6.45) is 2.11. The van der Waals surface area contributed by atoms with Crippen molar-refractivity contribution in [3.05, 3.63) is 64.2 Å². The number of nitrogens with one attached hydrogen (secondary N) is 2. The van der Waals surface area contributed by atoms with Crippen LogP contribution in [-0.2, 0) is 11.2 Å². The lowest BCUT2D eigenvalue weighted by molar-refractivity contribution is -0.121. The van der Waals surface area contributed by atoms with Gasteiger partial charge in [0, 0.05) is 15.5 Å². The van der Waals surface area contributed by atoms with Gasteiger partial charge in [-0.05, 0) is 48.6 Å². The molecule has 0 atom stereocenters. The quantitative estimate of drug-likeness (QED) is 0.658. The lowest BCUT2D eigenvalue weighted by Gasteiger charge is -2.10. The summed E-state index contributed by atoms with van der Waals surface area (Å²) in [6.45, 7) is 1.86. The van der Waals surface area contributed by atoms with Crippen LogP contribution in [0.1, 0.15) is 21.5 Å². The Hall–Kier alpha value is -1.98. The van der Waals surface area contributed by atoms with Crippen LogP contribution in [0.25, 0.3) is 0 Å². The Balaban J connectivity index is 1.93. The van der Waals surface area contributed by atoms with Crippen LogP contribution >= 0.6 is 23.4 Å². The highest BCUT2D eigenvalue weighted by molar-refractivity contribution is 7.98. The first kappa shape index (κ1) is 17.4. The summed E-state index contributed by atoms with van der Waals surface area (Å²) in [5, 5.41) is 0.617. The van der Waals surface area contributed by atoms with Crippen molar-refractivity contribution < 1.29 is 9.59 Å². The van der Waals surface area contributed by atoms with E-state index in [9.17, 15) is 9.59 Å². The average molecular weight is 349 g/mol. The van der Waals surface area contributed by atoms with Gasteiger partial charge in [-0.1, -0.05) is 29.8 Å². The SMILES string of the molecule is CSc1ccc(C)c(C(=O)NNC(=O)Cc2ccc(Cl)cc2)c1. The van der Waals surface area contributed by atoms with Gasteiger partial charge in [-0.25, -0.2) is 0 Å². The number of carbonyl (C=O) groups is 2. The molecule has 120 valence electrons. The Morgan fingerprint density at radius 2 is 1.78 bits per heavy atom. The third kappa shape index (κ3) is 5.01. The van der Waals surface area contributed by atoms with E-state index in [1.807, 2.05) is 25.3 Å². The Labute approximate surface area is 144 Å². The molecule has 0 saturated carbocycles. The zero-order chi connectivity index (χ0) is 16.8. The van der Waals surface area contributed by atoms with Gasteiger partial charge < -0.3 is 0 Å². The molecular weight excluding hydrogens is 332 g/mol. The van der Waals surface area contributed by atoms with Gasteiger partial charge in [-0.2, -0.15) is 0 Å². The van der Waals surface area contributed by atoms with Crippen molar-refractivity contribution >= 4 is 35.2 Å². The summed E-state index contributed by atoms with van der Waals surface area (Å²) in [5.41, 5.74) is 7.10. The first-order valence-corrected chi connectivity index (χ1v) is 8.58. The van der Waals surface area contributed by atoms with Gasteiger partial charge in [0.15, 0.2) is 0 Å². The highest BCUT2D eigenvalue weighted by Crippen LogP contribution is 2.18. The molecule has 0 fully saturated rings. The Kier molecular flexibility index (Phi) is 6.07. The number of amides is 2. The fourth-order valence-electron chi connectivity index (χ4n) is 2.00. The van der Waals surface area contributed by atoms with Crippen LogP contribution in [0.5, 0.6) is 0 Å². The molecule has 2 N–H and O–H groups in total. The van der Waals surface area contributed by atoms with E-state index in [-0.39, 0.29) is 18.2 Å². The van der Waals surface area contributed by atoms with Crippen molar-refractivity contribution in [2.75, 3.05) is 6.26 Å². The number of hydrazine groups is 1. The number of carbonyl (C=O) groups excluding carboxylic acids is 2. The number of halogens is 1. The predicted molar refractivity (Wildman–Crippen MR) is 93.7 cm³/mol. The van der Waals surface area contributed by atoms with E-state index in [2.05, 4.69) is 10.9 Å². The molecule has 0 radical (unpaired) electrons. The third-order valence-electron chi connectivity index (χ3n) is 3.28. The Morgan fingerprint density at radius 3 is 2.43 bits per heavy atom. The van der Waals surface area contributed by atoms with Gasteiger partial charge in [0.05, 0.1) is 6.42 Å². The van der Waals surface area contributed by atoms with Gasteiger partial charge in [0.1, 0.15) is 0 Å². The Morgan fingerprint density at radius 1 is 1.09 bits per heavy atom. The smallest absolute Gasteiger partial charge is 0.269 e. The monoisotopic (exact) mass is 348 g/mol. The largest absolute Gasteiger partial charge is 0.273 e. The molecule has 2 aromatic carbocycles. The summed E-state index contributed by atoms with van der Waals surface area (Å²) in [5.74, 6) is -0.623. The minimum absolute atomic E-state index is 0.168. The molecule has 0 spiro atoms. The predicted octanol–water partition coefficient (Wildman–Crippen LogP) is 3.37. The average Bonchev–Trinajstić information content (AvgIpc) is 2.55. The van der Waals surface area contributed by atoms with E-state index in [4.69, 9.17) is 11.6 Å². The number of aryl methyl sites for hydroxylation is 1. The lowest BCUT2D eigenvalue weighted by atomic mass is 10.1. The summed E-state index contributed by atoms with van der Waals surface area (Å²) >= 11 is 7.36. The van der Waals surface area contributed by atoms with Crippen LogP contribution in [0, 0.1) is 6.92 Å². The number of thioether (sulfide) groups is 1. The first-order valence-electron chi connectivity index (χ1n) is 6.98. The van der Waals surface area contributed by atoms with Gasteiger partial charge in [0.25, 0.3) is 5.91 Å². The molecule has 6 heteroatoms. The highest BCUT2D eigenvalue weighted by atomic mass is 35.5. The maximum Gasteiger partial charge on any atom is 0.269 e. The second kappa shape index (κ2) is 8.04. The van der Waals surface area contributed by atoms with Crippen LogP contribution in [0.15, 0.2) is 47.4 Å². The zero-order valence-corrected chi connectivity index (χ0v) is 14.4. The minimum atomic E-state index is -0.331. The standard InChI is InChI=1S/C17H17ClN2O2S/c1-11-3-8-14(23-2)10-15(11)17(22)20-19-16(21)9-12-4-6-13(18)7-5-12/h3-8,10H,9H2,1-2H3,(H,19,21)(H,20,22). The maximum atomic E-state index is 12.2. The third-order valence-corrected chi connectivity index (χ3v) is 4.26. The van der Waals surface area contributed by atoms with Gasteiger partial charge >= 0.3 is 0 Å². The summed E-state index contributed by atoms with van der Waals surface area (Å²) in [7, 11) is 0. The van der Waals surface area contributed by atoms with Gasteiger partial charge in [0.2, 0.25) is 5.91 Å². The molecule has 0 aliphatic carbocycles. The molecule has 2 amide bonds. The zero-order valence-electron chi connectivity index (χ0n) is 12.9. The van der Waals surface area contributed by atoms with Crippen molar-refractivity contribution in [1.29, 1.82) is 0 Å². The van der Waals surface area contributed by atoms with Crippen molar-refractivity contribution in [1.82, 2.24) is 10.9 Å². The summed E-state index contributed by atoms with van der Waals surface area (Å²) in [6, 6.07) is 12.6. The molecule has 23 heavy (non-hydrogen) atoms. The molecule has 0 aliphatic heterocycles. The fourth-order valence-corrected chi connectivity index (χ4v) is 2.56. The number of hydrogen-bond donors (Lipinski definition) is 2. The molecule has 0 aromatic heterocycles. The maximum absolute atomic E-state index is 12.2. The van der Waals surface area contributed by atoms with Crippen LogP contribution in [0.2, 0.25) is 5.02 Å². The van der Waals surface area contributed by atoms with Crippen LogP contribution in [-0.4, -0.2) is 18.1 Å². The molecular formula is C17H17ClN2O2S. The van der Waals surface area contributed by atoms with Gasteiger partial charge in [-0.15, -0.1) is 11.8 Å². The van der Waals surface area contributed by atoms with E-state index >= 15 is 0 Å². The molecule has 0 bridgehead atoms. The number of benzene rings is 2. The van der Waals surface area contributed by atoms with Crippen LogP contribution < -0.4 is 10.9 Å². The fraction of sp³-hybridized carbons (Fsp3) is 0.176. The normalized spacial score (nSPS) is 10.2. The molecule has 0 saturated heterocycles. The van der Waals surface area contributed by atoms with Crippen LogP contribution in [0.4, 0.5) is 0 Å². The lowest BCUT2D eigenvalue weighted by Crippen LogP contribution is -2.42. The van der Waals surface area contributed by atoms with Gasteiger partial charge in [-0.3, -0.25) is 20.4 Å². The Bertz CT molecular complexity index is 717. The van der Waals surface area contributed by atoms with Crippen molar-refractivity contribution in [2.24, 2.45) is 0 Å².